The normalized spacial score (nSPS) is 12.3. The summed E-state index contributed by atoms with van der Waals surface area (Å²) >= 11 is 0. The van der Waals surface area contributed by atoms with E-state index in [1.165, 1.54) is 77.0 Å². The van der Waals surface area contributed by atoms with Gasteiger partial charge in [0.25, 0.3) is 0 Å². The third kappa shape index (κ3) is 28.2. The summed E-state index contributed by atoms with van der Waals surface area (Å²) in [6, 6.07) is -0.610. The molecule has 7 N–H and O–H groups in total. The Morgan fingerprint density at radius 3 is 1.56 bits per heavy atom. The number of unbranched alkanes of at least 4 members (excludes halogenated alkanes) is 16. The van der Waals surface area contributed by atoms with Crippen molar-refractivity contribution in [1.82, 2.24) is 0 Å². The van der Waals surface area contributed by atoms with Gasteiger partial charge < -0.3 is 31.4 Å². The van der Waals surface area contributed by atoms with Crippen molar-refractivity contribution in [2.75, 3.05) is 19.8 Å². The Labute approximate surface area is 261 Å². The van der Waals surface area contributed by atoms with Crippen LogP contribution in [-0.4, -0.2) is 55.8 Å². The van der Waals surface area contributed by atoms with Gasteiger partial charge in [-0.15, -0.1) is 0 Å². The maximum atomic E-state index is 12.5. The van der Waals surface area contributed by atoms with Gasteiger partial charge in [0.2, 0.25) is 0 Å². The maximum Gasteiger partial charge on any atom is 0.364 e. The van der Waals surface area contributed by atoms with Crippen molar-refractivity contribution < 1.29 is 34.3 Å². The minimum absolute atomic E-state index is 0.00241. The Hall–Kier alpha value is -2.36. The second-order valence-electron chi connectivity index (χ2n) is 11.7. The van der Waals surface area contributed by atoms with Crippen LogP contribution in [0, 0.1) is 0 Å². The van der Waals surface area contributed by atoms with E-state index in [9.17, 15) is 14.4 Å². The number of guanidine groups is 1. The first kappa shape index (κ1) is 40.6. The summed E-state index contributed by atoms with van der Waals surface area (Å²) in [5.74, 6) is -1.21. The summed E-state index contributed by atoms with van der Waals surface area (Å²) in [6.07, 6.45) is 21.6. The molecular formula is C33H65N4O6+. The fraction of sp³-hybridized carbons (Fsp3) is 0.879. The SMILES string of the molecule is CCCCCCCCCCCC(=O)OCC(COC(=O)C([NH3+])CCCN=C(N)N)OC(=O)CCCCCCCCCCC. The molecule has 0 spiro atoms. The monoisotopic (exact) mass is 613 g/mol. The molecular weight excluding hydrogens is 548 g/mol. The molecule has 0 aromatic rings. The molecule has 0 radical (unpaired) electrons. The van der Waals surface area contributed by atoms with E-state index in [4.69, 9.17) is 25.7 Å². The van der Waals surface area contributed by atoms with Crippen molar-refractivity contribution in [2.24, 2.45) is 16.5 Å². The van der Waals surface area contributed by atoms with Crippen molar-refractivity contribution in [3.63, 3.8) is 0 Å². The number of ether oxygens (including phenoxy) is 3. The lowest BCUT2D eigenvalue weighted by molar-refractivity contribution is -0.410. The van der Waals surface area contributed by atoms with Crippen molar-refractivity contribution in [3.05, 3.63) is 0 Å². The number of hydrogen-bond donors (Lipinski definition) is 3. The van der Waals surface area contributed by atoms with E-state index in [0.29, 0.717) is 25.8 Å². The zero-order chi connectivity index (χ0) is 32.0. The lowest BCUT2D eigenvalue weighted by Gasteiger charge is -2.19. The molecule has 43 heavy (non-hydrogen) atoms. The maximum absolute atomic E-state index is 12.5. The molecule has 0 bridgehead atoms. The fourth-order valence-electron chi connectivity index (χ4n) is 4.74. The van der Waals surface area contributed by atoms with Crippen molar-refractivity contribution in [2.45, 2.75) is 167 Å². The largest absolute Gasteiger partial charge is 0.462 e. The minimum Gasteiger partial charge on any atom is -0.462 e. The van der Waals surface area contributed by atoms with Crippen LogP contribution in [0.15, 0.2) is 4.99 Å². The molecule has 10 heteroatoms. The van der Waals surface area contributed by atoms with Crippen molar-refractivity contribution >= 4 is 23.9 Å². The summed E-state index contributed by atoms with van der Waals surface area (Å²) in [7, 11) is 0. The Kier molecular flexibility index (Phi) is 28.1. The number of nitrogens with zero attached hydrogens (tertiary/aromatic N) is 1. The molecule has 0 saturated carbocycles. The highest BCUT2D eigenvalue weighted by Crippen LogP contribution is 2.13. The van der Waals surface area contributed by atoms with Gasteiger partial charge in [-0.25, -0.2) is 4.79 Å². The van der Waals surface area contributed by atoms with Crippen LogP contribution >= 0.6 is 0 Å². The minimum atomic E-state index is -0.851. The summed E-state index contributed by atoms with van der Waals surface area (Å²) in [4.78, 5) is 41.2. The molecule has 2 unspecified atom stereocenters. The highest BCUT2D eigenvalue weighted by Gasteiger charge is 2.23. The van der Waals surface area contributed by atoms with Gasteiger partial charge in [-0.1, -0.05) is 117 Å². The molecule has 0 aliphatic rings. The van der Waals surface area contributed by atoms with Gasteiger partial charge in [-0.2, -0.15) is 0 Å². The van der Waals surface area contributed by atoms with E-state index in [1.807, 2.05) is 0 Å². The van der Waals surface area contributed by atoms with Crippen LogP contribution in [0.3, 0.4) is 0 Å². The van der Waals surface area contributed by atoms with Gasteiger partial charge in [0.15, 0.2) is 18.1 Å². The number of rotatable bonds is 30. The van der Waals surface area contributed by atoms with Crippen molar-refractivity contribution in [3.8, 4) is 0 Å². The fourth-order valence-corrected chi connectivity index (χ4v) is 4.74. The molecule has 0 heterocycles. The number of carbonyl (C=O) groups is 3. The van der Waals surface area contributed by atoms with E-state index in [1.54, 1.807) is 0 Å². The van der Waals surface area contributed by atoms with E-state index >= 15 is 0 Å². The van der Waals surface area contributed by atoms with Crippen molar-refractivity contribution in [1.29, 1.82) is 0 Å². The van der Waals surface area contributed by atoms with Crippen LogP contribution in [0.25, 0.3) is 0 Å². The Morgan fingerprint density at radius 1 is 0.628 bits per heavy atom. The van der Waals surface area contributed by atoms with Crippen LogP contribution in [0.1, 0.15) is 155 Å². The lowest BCUT2D eigenvalue weighted by atomic mass is 10.1. The Balaban J connectivity index is 4.50. The van der Waals surface area contributed by atoms with Gasteiger partial charge in [0.05, 0.1) is 0 Å². The summed E-state index contributed by atoms with van der Waals surface area (Å²) in [5, 5.41) is 0. The second-order valence-corrected chi connectivity index (χ2v) is 11.7. The third-order valence-electron chi connectivity index (χ3n) is 7.45. The molecule has 2 atom stereocenters. The molecule has 252 valence electrons. The van der Waals surface area contributed by atoms with Crippen LogP contribution in [-0.2, 0) is 28.6 Å². The topological polar surface area (TPSA) is 171 Å². The van der Waals surface area contributed by atoms with Crippen LogP contribution < -0.4 is 17.2 Å². The first-order chi connectivity index (χ1) is 20.8. The number of carbonyl (C=O) groups excluding carboxylic acids is 3. The average molecular weight is 614 g/mol. The molecule has 0 aliphatic heterocycles. The first-order valence-corrected chi connectivity index (χ1v) is 17.2. The average Bonchev–Trinajstić information content (AvgIpc) is 2.98. The Bertz CT molecular complexity index is 730. The summed E-state index contributed by atoms with van der Waals surface area (Å²) in [5.41, 5.74) is 14.5. The standard InChI is InChI=1S/C33H64N4O6/c1-3-5-7-9-11-13-15-17-19-23-30(38)41-26-28(27-42-32(40)29(34)22-21-25-37-33(35)36)43-31(39)24-20-18-16-14-12-10-8-6-4-2/h28-29H,3-27,34H2,1-2H3,(H4,35,36,37)/p+1. The van der Waals surface area contributed by atoms with E-state index in [2.05, 4.69) is 24.6 Å². The number of quaternary nitrogens is 1. The molecule has 0 aliphatic carbocycles. The van der Waals surface area contributed by atoms with Crippen LogP contribution in [0.2, 0.25) is 0 Å². The molecule has 0 aromatic heterocycles. The smallest absolute Gasteiger partial charge is 0.364 e. The van der Waals surface area contributed by atoms with Gasteiger partial charge >= 0.3 is 17.9 Å². The predicted octanol–water partition coefficient (Wildman–Crippen LogP) is 5.49. The Morgan fingerprint density at radius 2 is 1.07 bits per heavy atom. The van der Waals surface area contributed by atoms with Gasteiger partial charge in [0.1, 0.15) is 13.2 Å². The molecule has 0 amide bonds. The lowest BCUT2D eigenvalue weighted by Crippen LogP contribution is -2.65. The van der Waals surface area contributed by atoms with Crippen LogP contribution in [0.5, 0.6) is 0 Å². The van der Waals surface area contributed by atoms with E-state index < -0.39 is 18.1 Å². The number of esters is 3. The summed E-state index contributed by atoms with van der Waals surface area (Å²) in [6.45, 7) is 4.51. The highest BCUT2D eigenvalue weighted by molar-refractivity contribution is 5.75. The predicted molar refractivity (Wildman–Crippen MR) is 172 cm³/mol. The number of nitrogens with two attached hydrogens (primary N) is 2. The molecule has 10 nitrogen and oxygen atoms in total. The molecule has 0 aromatic carbocycles. The zero-order valence-electron chi connectivity index (χ0n) is 27.6. The van der Waals surface area contributed by atoms with Gasteiger partial charge in [-0.05, 0) is 19.3 Å². The molecule has 0 rings (SSSR count). The molecule has 0 fully saturated rings. The number of hydrogen-bond acceptors (Lipinski definition) is 7. The first-order valence-electron chi connectivity index (χ1n) is 17.2. The quantitative estimate of drug-likeness (QED) is 0.0314. The van der Waals surface area contributed by atoms with Gasteiger partial charge in [-0.3, -0.25) is 14.6 Å². The van der Waals surface area contributed by atoms with E-state index in [-0.39, 0.29) is 37.5 Å². The highest BCUT2D eigenvalue weighted by atomic mass is 16.6. The third-order valence-corrected chi connectivity index (χ3v) is 7.45. The molecule has 0 saturated heterocycles. The summed E-state index contributed by atoms with van der Waals surface area (Å²) < 4.78 is 16.4. The zero-order valence-corrected chi connectivity index (χ0v) is 27.6. The second kappa shape index (κ2) is 29.7. The van der Waals surface area contributed by atoms with Crippen LogP contribution in [0.4, 0.5) is 0 Å². The number of aliphatic imine (C=N–C) groups is 1. The van der Waals surface area contributed by atoms with Gasteiger partial charge in [0, 0.05) is 25.8 Å². The van der Waals surface area contributed by atoms with E-state index in [0.717, 1.165) is 38.5 Å².